The third kappa shape index (κ3) is 4.27. The predicted octanol–water partition coefficient (Wildman–Crippen LogP) is 4.79. The second-order valence-electron chi connectivity index (χ2n) is 8.46. The Morgan fingerprint density at radius 1 is 1.00 bits per heavy atom. The Morgan fingerprint density at radius 3 is 2.30 bits per heavy atom. The first kappa shape index (κ1) is 22.1. The summed E-state index contributed by atoms with van der Waals surface area (Å²) in [5.74, 6) is -0.170. The molecule has 0 saturated carbocycles. The molecule has 0 aliphatic carbocycles. The molecule has 158 valence electrons. The van der Waals surface area contributed by atoms with Crippen LogP contribution in [0.4, 0.5) is 4.39 Å². The number of nitrogens with zero attached hydrogens (tertiary/aromatic N) is 2. The van der Waals surface area contributed by atoms with Gasteiger partial charge in [0.1, 0.15) is 5.82 Å². The van der Waals surface area contributed by atoms with E-state index in [9.17, 15) is 12.8 Å². The van der Waals surface area contributed by atoms with E-state index < -0.39 is 21.1 Å². The van der Waals surface area contributed by atoms with Gasteiger partial charge in [0.25, 0.3) is 10.1 Å². The summed E-state index contributed by atoms with van der Waals surface area (Å²) in [4.78, 5) is 9.60. The molecule has 0 spiro atoms. The van der Waals surface area contributed by atoms with E-state index in [-0.39, 0.29) is 5.82 Å². The van der Waals surface area contributed by atoms with Crippen molar-refractivity contribution in [3.8, 4) is 0 Å². The Balaban J connectivity index is 0.000000461. The van der Waals surface area contributed by atoms with Gasteiger partial charge in [0.15, 0.2) is 0 Å². The lowest BCUT2D eigenvalue weighted by Crippen LogP contribution is -2.46. The van der Waals surface area contributed by atoms with Gasteiger partial charge >= 0.3 is 0 Å². The van der Waals surface area contributed by atoms with E-state index >= 15 is 0 Å². The summed E-state index contributed by atoms with van der Waals surface area (Å²) in [5.41, 5.74) is 3.46. The van der Waals surface area contributed by atoms with Crippen LogP contribution in [0.3, 0.4) is 0 Å². The highest BCUT2D eigenvalue weighted by Gasteiger charge is 2.45. The summed E-state index contributed by atoms with van der Waals surface area (Å²) in [7, 11) is -3.67. The molecule has 7 heteroatoms. The zero-order valence-corrected chi connectivity index (χ0v) is 18.5. The van der Waals surface area contributed by atoms with Crippen molar-refractivity contribution in [3.63, 3.8) is 0 Å². The van der Waals surface area contributed by atoms with E-state index in [1.165, 1.54) is 6.07 Å². The zero-order valence-electron chi connectivity index (χ0n) is 17.6. The second-order valence-corrected chi connectivity index (χ2v) is 9.92. The Labute approximate surface area is 176 Å². The Morgan fingerprint density at radius 2 is 1.63 bits per heavy atom. The lowest BCUT2D eigenvalue weighted by atomic mass is 9.65. The second kappa shape index (κ2) is 7.56. The third-order valence-electron chi connectivity index (χ3n) is 5.68. The number of halogens is 1. The maximum absolute atomic E-state index is 14.8. The Bertz CT molecular complexity index is 1240. The molecule has 0 amide bonds. The minimum absolute atomic E-state index is 0.170. The van der Waals surface area contributed by atoms with Gasteiger partial charge in [-0.05, 0) is 32.0 Å². The number of aromatic nitrogens is 1. The molecule has 1 N–H and O–H groups in total. The quantitative estimate of drug-likeness (QED) is 0.566. The zero-order chi connectivity index (χ0) is 22.3. The van der Waals surface area contributed by atoms with Gasteiger partial charge < -0.3 is 0 Å². The van der Waals surface area contributed by atoms with E-state index in [4.69, 9.17) is 9.55 Å². The van der Waals surface area contributed by atoms with Crippen LogP contribution in [0.25, 0.3) is 10.9 Å². The number of rotatable bonds is 1. The number of pyridine rings is 1. The number of hydrogen-bond acceptors (Lipinski definition) is 4. The first-order chi connectivity index (χ1) is 13.8. The van der Waals surface area contributed by atoms with Crippen molar-refractivity contribution < 1.29 is 17.4 Å². The molecule has 0 atom stereocenters. The highest BCUT2D eigenvalue weighted by atomic mass is 32.2. The van der Waals surface area contributed by atoms with E-state index in [1.54, 1.807) is 6.07 Å². The van der Waals surface area contributed by atoms with Crippen LogP contribution >= 0.6 is 0 Å². The van der Waals surface area contributed by atoms with Gasteiger partial charge in [0.2, 0.25) is 0 Å². The first-order valence-electron chi connectivity index (χ1n) is 9.48. The van der Waals surface area contributed by atoms with Gasteiger partial charge in [-0.1, -0.05) is 44.2 Å². The van der Waals surface area contributed by atoms with Gasteiger partial charge in [-0.25, -0.2) is 4.39 Å². The van der Waals surface area contributed by atoms with Gasteiger partial charge in [-0.3, -0.25) is 14.5 Å². The number of para-hydroxylation sites is 1. The molecule has 1 aliphatic rings. The van der Waals surface area contributed by atoms with Crippen molar-refractivity contribution in [1.29, 1.82) is 0 Å². The molecule has 0 bridgehead atoms. The fraction of sp³-hybridized carbons (Fsp3) is 0.304. The Hall–Kier alpha value is -2.64. The number of fused-ring (bicyclic) bond motifs is 2. The third-order valence-corrected chi connectivity index (χ3v) is 5.68. The van der Waals surface area contributed by atoms with Crippen molar-refractivity contribution >= 4 is 26.7 Å². The molecule has 0 unspecified atom stereocenters. The number of benzene rings is 2. The molecule has 5 nitrogen and oxygen atoms in total. The summed E-state index contributed by atoms with van der Waals surface area (Å²) in [6, 6.07) is 15.3. The van der Waals surface area contributed by atoms with Crippen molar-refractivity contribution in [2.75, 3.05) is 6.26 Å². The summed E-state index contributed by atoms with van der Waals surface area (Å²) in [6.45, 7) is 8.26. The van der Waals surface area contributed by atoms with Crippen LogP contribution in [0.2, 0.25) is 0 Å². The molecule has 2 heterocycles. The normalized spacial score (nSPS) is 16.8. The maximum atomic E-state index is 14.8. The molecule has 0 saturated heterocycles. The van der Waals surface area contributed by atoms with Crippen molar-refractivity contribution in [2.24, 2.45) is 4.99 Å². The van der Waals surface area contributed by atoms with E-state index in [0.717, 1.165) is 33.3 Å². The maximum Gasteiger partial charge on any atom is 0.261 e. The molecule has 2 aromatic carbocycles. The lowest BCUT2D eigenvalue weighted by Gasteiger charge is -2.44. The van der Waals surface area contributed by atoms with Crippen LogP contribution in [0, 0.1) is 5.82 Å². The standard InChI is InChI=1S/C22H21FN2.CH4O3S/c1-21(2)19-16(9-7-10-17(19)23)20(25-22(21,3)4)15-12-14-8-5-6-11-18(14)24-13-15;1-5(2,3)4/h5-13H,1-4H3;1H3,(H,2,3,4). The Kier molecular flexibility index (Phi) is 5.56. The van der Waals surface area contributed by atoms with Crippen molar-refractivity contribution in [1.82, 2.24) is 4.98 Å². The topological polar surface area (TPSA) is 79.6 Å². The fourth-order valence-corrected chi connectivity index (χ4v) is 3.56. The van der Waals surface area contributed by atoms with Crippen molar-refractivity contribution in [2.45, 2.75) is 38.6 Å². The van der Waals surface area contributed by atoms with Crippen LogP contribution in [0.15, 0.2) is 59.7 Å². The largest absolute Gasteiger partial charge is 0.286 e. The average Bonchev–Trinajstić information content (AvgIpc) is 2.63. The molecular weight excluding hydrogens is 403 g/mol. The smallest absolute Gasteiger partial charge is 0.261 e. The highest BCUT2D eigenvalue weighted by molar-refractivity contribution is 7.85. The van der Waals surface area contributed by atoms with Gasteiger partial charge in [0.05, 0.1) is 23.0 Å². The summed E-state index contributed by atoms with van der Waals surface area (Å²) < 4.78 is 40.6. The molecule has 1 aromatic heterocycles. The van der Waals surface area contributed by atoms with Crippen molar-refractivity contribution in [3.05, 3.63) is 77.2 Å². The summed E-state index contributed by atoms with van der Waals surface area (Å²) in [5, 5.41) is 1.06. The molecule has 30 heavy (non-hydrogen) atoms. The molecule has 0 fully saturated rings. The SMILES string of the molecule is CC1(C)N=C(c2cnc3ccccc3c2)c2cccc(F)c2C1(C)C.CS(=O)(=O)O. The molecule has 0 radical (unpaired) electrons. The average molecular weight is 429 g/mol. The molecule has 3 aromatic rings. The van der Waals surface area contributed by atoms with Crippen LogP contribution in [-0.4, -0.2) is 35.5 Å². The van der Waals surface area contributed by atoms with Crippen LogP contribution < -0.4 is 0 Å². The highest BCUT2D eigenvalue weighted by Crippen LogP contribution is 2.45. The van der Waals surface area contributed by atoms with Crippen LogP contribution in [0.5, 0.6) is 0 Å². The number of hydrogen-bond donors (Lipinski definition) is 1. The minimum atomic E-state index is -3.67. The molecule has 4 rings (SSSR count). The monoisotopic (exact) mass is 428 g/mol. The fourth-order valence-electron chi connectivity index (χ4n) is 3.56. The van der Waals surface area contributed by atoms with Gasteiger partial charge in [-0.2, -0.15) is 8.42 Å². The van der Waals surface area contributed by atoms with Gasteiger partial charge in [-0.15, -0.1) is 0 Å². The van der Waals surface area contributed by atoms with E-state index in [0.29, 0.717) is 6.26 Å². The lowest BCUT2D eigenvalue weighted by molar-refractivity contribution is 0.293. The van der Waals surface area contributed by atoms with E-state index in [2.05, 4.69) is 38.7 Å². The van der Waals surface area contributed by atoms with Crippen LogP contribution in [0.1, 0.15) is 44.4 Å². The van der Waals surface area contributed by atoms with Gasteiger partial charge in [0, 0.05) is 33.7 Å². The number of aliphatic imine (C=N–C) groups is 1. The minimum Gasteiger partial charge on any atom is -0.286 e. The summed E-state index contributed by atoms with van der Waals surface area (Å²) >= 11 is 0. The summed E-state index contributed by atoms with van der Waals surface area (Å²) in [6.07, 6.45) is 2.55. The molecular formula is C23H25FN2O3S. The van der Waals surface area contributed by atoms with E-state index in [1.807, 2.05) is 36.5 Å². The predicted molar refractivity (Wildman–Crippen MR) is 118 cm³/mol. The first-order valence-corrected chi connectivity index (χ1v) is 11.3. The van der Waals surface area contributed by atoms with Crippen LogP contribution in [-0.2, 0) is 15.5 Å². The molecule has 1 aliphatic heterocycles.